The summed E-state index contributed by atoms with van der Waals surface area (Å²) in [5.74, 6) is -0.776. The summed E-state index contributed by atoms with van der Waals surface area (Å²) >= 11 is 6.39. The Balaban J connectivity index is 1.75. The second kappa shape index (κ2) is 12.8. The van der Waals surface area contributed by atoms with E-state index >= 15 is 4.39 Å². The van der Waals surface area contributed by atoms with Crippen LogP contribution in [0.5, 0.6) is 0 Å². The minimum Gasteiger partial charge on any atom is -0.465 e. The number of nitrogens with one attached hydrogen (secondary N) is 1. The van der Waals surface area contributed by atoms with Crippen molar-refractivity contribution in [2.24, 2.45) is 0 Å². The van der Waals surface area contributed by atoms with Crippen LogP contribution in [0.3, 0.4) is 0 Å². The van der Waals surface area contributed by atoms with E-state index in [-0.39, 0.29) is 33.3 Å². The molecule has 0 bridgehead atoms. The monoisotopic (exact) mass is 628 g/mol. The van der Waals surface area contributed by atoms with Gasteiger partial charge in [-0.05, 0) is 63.1 Å². The number of carbonyl (C=O) groups is 1. The van der Waals surface area contributed by atoms with Crippen LogP contribution in [0.4, 0.5) is 4.39 Å². The lowest BCUT2D eigenvalue weighted by Gasteiger charge is -2.21. The Hall–Kier alpha value is -3.80. The molecule has 9 nitrogen and oxygen atoms in total. The molecule has 0 atom stereocenters. The van der Waals surface area contributed by atoms with Crippen molar-refractivity contribution in [3.05, 3.63) is 98.9 Å². The van der Waals surface area contributed by atoms with Crippen molar-refractivity contribution in [1.29, 1.82) is 0 Å². The van der Waals surface area contributed by atoms with Gasteiger partial charge in [-0.15, -0.1) is 5.10 Å². The summed E-state index contributed by atoms with van der Waals surface area (Å²) < 4.78 is 51.8. The molecule has 0 saturated heterocycles. The van der Waals surface area contributed by atoms with Gasteiger partial charge >= 0.3 is 11.7 Å². The van der Waals surface area contributed by atoms with Gasteiger partial charge in [0.15, 0.2) is 0 Å². The third-order valence-corrected chi connectivity index (χ3v) is 8.73. The van der Waals surface area contributed by atoms with E-state index in [1.807, 2.05) is 6.92 Å². The van der Waals surface area contributed by atoms with Crippen molar-refractivity contribution in [3.63, 3.8) is 0 Å². The molecule has 4 aromatic rings. The number of rotatable bonds is 10. The number of carbonyl (C=O) groups excluding carboxylic acids is 1. The van der Waals surface area contributed by atoms with E-state index in [2.05, 4.69) is 9.82 Å². The molecule has 1 heterocycles. The van der Waals surface area contributed by atoms with Gasteiger partial charge < -0.3 is 4.74 Å². The van der Waals surface area contributed by atoms with E-state index in [1.165, 1.54) is 48.1 Å². The summed E-state index contributed by atoms with van der Waals surface area (Å²) in [6, 6.07) is 15.2. The topological polar surface area (TPSA) is 112 Å². The van der Waals surface area contributed by atoms with Crippen molar-refractivity contribution in [2.45, 2.75) is 63.9 Å². The lowest BCUT2D eigenvalue weighted by molar-refractivity contribution is 0.0600. The third-order valence-electron chi connectivity index (χ3n) is 6.60. The maximum Gasteiger partial charge on any atom is 0.351 e. The summed E-state index contributed by atoms with van der Waals surface area (Å²) in [6.07, 6.45) is 2.04. The van der Waals surface area contributed by atoms with Crippen molar-refractivity contribution in [2.75, 3.05) is 7.11 Å². The molecule has 0 fully saturated rings. The average molecular weight is 629 g/mol. The van der Waals surface area contributed by atoms with E-state index in [9.17, 15) is 18.0 Å². The van der Waals surface area contributed by atoms with Crippen LogP contribution in [0.1, 0.15) is 62.3 Å². The zero-order valence-corrected chi connectivity index (χ0v) is 26.2. The second-order valence-corrected chi connectivity index (χ2v) is 13.2. The molecule has 0 amide bonds. The van der Waals surface area contributed by atoms with Gasteiger partial charge in [-0.2, -0.15) is 4.68 Å². The van der Waals surface area contributed by atoms with Crippen LogP contribution < -0.4 is 10.4 Å². The quantitative estimate of drug-likeness (QED) is 0.224. The smallest absolute Gasteiger partial charge is 0.351 e. The number of unbranched alkanes of at least 4 members (excludes halogenated alkanes) is 1. The highest BCUT2D eigenvalue weighted by atomic mass is 35.5. The number of hydrogen-bond donors (Lipinski definition) is 1. The molecule has 12 heteroatoms. The van der Waals surface area contributed by atoms with Crippen molar-refractivity contribution >= 4 is 27.6 Å². The predicted octanol–water partition coefficient (Wildman–Crippen LogP) is 5.75. The Morgan fingerprint density at radius 2 is 1.81 bits per heavy atom. The van der Waals surface area contributed by atoms with E-state index < -0.39 is 33.0 Å². The molecule has 228 valence electrons. The summed E-state index contributed by atoms with van der Waals surface area (Å²) in [4.78, 5) is 25.7. The first-order chi connectivity index (χ1) is 20.3. The number of methoxy groups -OCH3 is 1. The van der Waals surface area contributed by atoms with E-state index in [0.717, 1.165) is 17.5 Å². The van der Waals surface area contributed by atoms with Gasteiger partial charge in [-0.3, -0.25) is 4.57 Å². The van der Waals surface area contributed by atoms with Crippen LogP contribution in [0, 0.1) is 5.82 Å². The molecule has 0 aliphatic rings. The van der Waals surface area contributed by atoms with Crippen LogP contribution in [-0.4, -0.2) is 41.4 Å². The fraction of sp³-hybridized carbons (Fsp3) is 0.323. The molecule has 0 aliphatic carbocycles. The van der Waals surface area contributed by atoms with E-state index in [4.69, 9.17) is 16.3 Å². The van der Waals surface area contributed by atoms with Crippen LogP contribution in [0.25, 0.3) is 16.8 Å². The van der Waals surface area contributed by atoms with E-state index in [1.54, 1.807) is 45.0 Å². The zero-order valence-electron chi connectivity index (χ0n) is 24.6. The highest BCUT2D eigenvalue weighted by molar-refractivity contribution is 7.89. The van der Waals surface area contributed by atoms with E-state index in [0.29, 0.717) is 23.4 Å². The number of ether oxygens (including phenoxy) is 1. The van der Waals surface area contributed by atoms with Gasteiger partial charge in [0.25, 0.3) is 0 Å². The molecule has 0 saturated carbocycles. The Bertz CT molecular complexity index is 1830. The molecule has 3 aromatic carbocycles. The SMILES string of the molecule is CCCCc1nn(-c2cc(C(=O)OC)ccc2Cl)c(=O)n1Cc1ccc(-c2ccccc2S(=O)(=O)NC(C)(C)C)cc1F. The van der Waals surface area contributed by atoms with Crippen molar-refractivity contribution in [3.8, 4) is 16.8 Å². The van der Waals surface area contributed by atoms with Gasteiger partial charge in [0.1, 0.15) is 11.6 Å². The summed E-state index contributed by atoms with van der Waals surface area (Å²) in [6.45, 7) is 7.10. The summed E-state index contributed by atoms with van der Waals surface area (Å²) in [5, 5.41) is 4.70. The van der Waals surface area contributed by atoms with Gasteiger partial charge in [0.2, 0.25) is 10.0 Å². The maximum atomic E-state index is 15.6. The normalized spacial score (nSPS) is 12.0. The number of sulfonamides is 1. The largest absolute Gasteiger partial charge is 0.465 e. The van der Waals surface area contributed by atoms with Crippen LogP contribution in [0.15, 0.2) is 70.4 Å². The molecular formula is C31H34ClFN4O5S. The molecule has 0 spiro atoms. The van der Waals surface area contributed by atoms with Gasteiger partial charge in [0, 0.05) is 23.1 Å². The van der Waals surface area contributed by atoms with Crippen molar-refractivity contribution < 1.29 is 22.3 Å². The van der Waals surface area contributed by atoms with Gasteiger partial charge in [0.05, 0.1) is 34.8 Å². The third kappa shape index (κ3) is 7.23. The van der Waals surface area contributed by atoms with Crippen molar-refractivity contribution in [1.82, 2.24) is 19.1 Å². The maximum absolute atomic E-state index is 15.6. The fourth-order valence-corrected chi connectivity index (χ4v) is 6.45. The number of benzene rings is 3. The molecule has 0 unspecified atom stereocenters. The fourth-order valence-electron chi connectivity index (χ4n) is 4.60. The first kappa shape index (κ1) is 32.1. The second-order valence-electron chi connectivity index (χ2n) is 11.1. The van der Waals surface area contributed by atoms with Crippen LogP contribution in [-0.2, 0) is 27.7 Å². The lowest BCUT2D eigenvalue weighted by Crippen LogP contribution is -2.40. The molecular weight excluding hydrogens is 595 g/mol. The number of nitrogens with zero attached hydrogens (tertiary/aromatic N) is 3. The number of halogens is 2. The Morgan fingerprint density at radius 3 is 2.47 bits per heavy atom. The number of esters is 1. The summed E-state index contributed by atoms with van der Waals surface area (Å²) in [5.41, 5.74) is 0.0619. The van der Waals surface area contributed by atoms with Gasteiger partial charge in [-0.25, -0.2) is 27.1 Å². The van der Waals surface area contributed by atoms with Crippen LogP contribution in [0.2, 0.25) is 5.02 Å². The Kier molecular flexibility index (Phi) is 9.58. The number of aryl methyl sites for hydroxylation is 1. The Labute approximate surface area is 255 Å². The minimum atomic E-state index is -3.89. The van der Waals surface area contributed by atoms with Crippen LogP contribution >= 0.6 is 11.6 Å². The first-order valence-corrected chi connectivity index (χ1v) is 15.6. The minimum absolute atomic E-state index is 0.0301. The highest BCUT2D eigenvalue weighted by Gasteiger charge is 2.25. The molecule has 0 radical (unpaired) electrons. The first-order valence-electron chi connectivity index (χ1n) is 13.7. The Morgan fingerprint density at radius 1 is 1.09 bits per heavy atom. The molecule has 0 aliphatic heterocycles. The average Bonchev–Trinajstić information content (AvgIpc) is 3.25. The highest BCUT2D eigenvalue weighted by Crippen LogP contribution is 2.30. The molecule has 4 rings (SSSR count). The predicted molar refractivity (Wildman–Crippen MR) is 164 cm³/mol. The summed E-state index contributed by atoms with van der Waals surface area (Å²) in [7, 11) is -2.64. The molecule has 43 heavy (non-hydrogen) atoms. The molecule has 1 aromatic heterocycles. The lowest BCUT2D eigenvalue weighted by atomic mass is 10.0. The molecule has 1 N–H and O–H groups in total. The number of hydrogen-bond acceptors (Lipinski definition) is 6. The standard InChI is InChI=1S/C31H34ClFN4O5S/c1-6-7-12-28-34-37(26-18-21(29(38)42-5)15-16-24(26)32)30(39)36(28)19-22-14-13-20(17-25(22)33)23-10-8-9-11-27(23)43(40,41)35-31(2,3)4/h8-11,13-18,35H,6-7,12,19H2,1-5H3. The van der Waals surface area contributed by atoms with Gasteiger partial charge in [-0.1, -0.05) is 55.3 Å². The number of aromatic nitrogens is 3. The zero-order chi connectivity index (χ0) is 31.5.